The van der Waals surface area contributed by atoms with Crippen LogP contribution in [0.1, 0.15) is 12.6 Å². The zero-order chi connectivity index (χ0) is 16.9. The molecule has 0 aliphatic carbocycles. The predicted octanol–water partition coefficient (Wildman–Crippen LogP) is 0.179. The summed E-state index contributed by atoms with van der Waals surface area (Å²) in [4.78, 5) is 11.2. The lowest BCUT2D eigenvalue weighted by molar-refractivity contribution is 0.122. The first-order valence-electron chi connectivity index (χ1n) is 7.77. The summed E-state index contributed by atoms with van der Waals surface area (Å²) >= 11 is 0. The van der Waals surface area contributed by atoms with E-state index in [1.165, 1.54) is 18.4 Å². The zero-order valence-corrected chi connectivity index (χ0v) is 14.8. The van der Waals surface area contributed by atoms with E-state index in [0.29, 0.717) is 31.5 Å². The molecule has 1 aliphatic rings. The van der Waals surface area contributed by atoms with Gasteiger partial charge in [-0.3, -0.25) is 0 Å². The van der Waals surface area contributed by atoms with Crippen molar-refractivity contribution in [2.45, 2.75) is 13.3 Å². The molecule has 23 heavy (non-hydrogen) atoms. The normalized spacial score (nSPS) is 15.9. The van der Waals surface area contributed by atoms with E-state index >= 15 is 0 Å². The van der Waals surface area contributed by atoms with Crippen LogP contribution in [0.25, 0.3) is 0 Å². The van der Waals surface area contributed by atoms with Crippen LogP contribution in [0.15, 0.2) is 6.07 Å². The van der Waals surface area contributed by atoms with Gasteiger partial charge in [0.15, 0.2) is 0 Å². The molecule has 2 rings (SSSR count). The summed E-state index contributed by atoms with van der Waals surface area (Å²) in [6.45, 7) is 5.21. The lowest BCUT2D eigenvalue weighted by Gasteiger charge is -2.27. The molecule has 0 unspecified atom stereocenters. The fourth-order valence-corrected chi connectivity index (χ4v) is 2.88. The minimum atomic E-state index is -3.21. The minimum Gasteiger partial charge on any atom is -0.378 e. The number of hydrogen-bond donors (Lipinski definition) is 1. The number of rotatable bonds is 7. The van der Waals surface area contributed by atoms with Gasteiger partial charge in [0.2, 0.25) is 16.0 Å². The Morgan fingerprint density at radius 3 is 2.61 bits per heavy atom. The third-order valence-electron chi connectivity index (χ3n) is 3.65. The molecule has 1 aliphatic heterocycles. The van der Waals surface area contributed by atoms with Crippen molar-refractivity contribution in [1.82, 2.24) is 14.3 Å². The molecule has 0 amide bonds. The summed E-state index contributed by atoms with van der Waals surface area (Å²) < 4.78 is 30.2. The van der Waals surface area contributed by atoms with Gasteiger partial charge in [-0.2, -0.15) is 4.98 Å². The summed E-state index contributed by atoms with van der Waals surface area (Å²) in [5, 5.41) is 3.09. The highest BCUT2D eigenvalue weighted by Gasteiger charge is 2.16. The van der Waals surface area contributed by atoms with Crippen LogP contribution in [0, 0.1) is 0 Å². The molecule has 0 saturated carbocycles. The fourth-order valence-electron chi connectivity index (χ4n) is 2.15. The van der Waals surface area contributed by atoms with Crippen LogP contribution in [-0.2, 0) is 21.2 Å². The molecular formula is C14H25N5O3S. The van der Waals surface area contributed by atoms with Gasteiger partial charge in [0.1, 0.15) is 5.82 Å². The standard InChI is InChI=1S/C14H25N5O3S/c1-4-12-11-13(15-5-10-23(20,21)18(2)3)17-14(16-12)19-6-8-22-9-7-19/h11H,4-10H2,1-3H3,(H,15,16,17). The van der Waals surface area contributed by atoms with Crippen molar-refractivity contribution in [2.24, 2.45) is 0 Å². The number of sulfonamides is 1. The van der Waals surface area contributed by atoms with Crippen LogP contribution in [-0.4, -0.2) is 75.4 Å². The van der Waals surface area contributed by atoms with Crippen molar-refractivity contribution >= 4 is 21.8 Å². The summed E-state index contributed by atoms with van der Waals surface area (Å²) in [7, 11) is -0.147. The zero-order valence-electron chi connectivity index (χ0n) is 13.9. The lowest BCUT2D eigenvalue weighted by Crippen LogP contribution is -2.37. The van der Waals surface area contributed by atoms with Crippen LogP contribution in [0.4, 0.5) is 11.8 Å². The van der Waals surface area contributed by atoms with E-state index in [1.54, 1.807) is 0 Å². The van der Waals surface area contributed by atoms with Gasteiger partial charge < -0.3 is 15.0 Å². The molecule has 1 N–H and O–H groups in total. The molecule has 1 saturated heterocycles. The average Bonchev–Trinajstić information content (AvgIpc) is 2.55. The van der Waals surface area contributed by atoms with E-state index in [4.69, 9.17) is 4.74 Å². The van der Waals surface area contributed by atoms with Gasteiger partial charge in [0.25, 0.3) is 0 Å². The number of nitrogens with one attached hydrogen (secondary N) is 1. The second kappa shape index (κ2) is 7.89. The first-order chi connectivity index (χ1) is 10.9. The van der Waals surface area contributed by atoms with Crippen molar-refractivity contribution in [2.75, 3.05) is 62.9 Å². The number of anilines is 2. The highest BCUT2D eigenvalue weighted by Crippen LogP contribution is 2.16. The molecule has 9 heteroatoms. The van der Waals surface area contributed by atoms with Gasteiger partial charge in [0.05, 0.1) is 19.0 Å². The monoisotopic (exact) mass is 343 g/mol. The number of aromatic nitrogens is 2. The second-order valence-electron chi connectivity index (χ2n) is 5.52. The Morgan fingerprint density at radius 2 is 2.00 bits per heavy atom. The molecular weight excluding hydrogens is 318 g/mol. The molecule has 130 valence electrons. The molecule has 0 atom stereocenters. The molecule has 0 radical (unpaired) electrons. The first kappa shape index (κ1) is 17.9. The van der Waals surface area contributed by atoms with Crippen LogP contribution in [0.3, 0.4) is 0 Å². The number of ether oxygens (including phenoxy) is 1. The number of aryl methyl sites for hydroxylation is 1. The van der Waals surface area contributed by atoms with E-state index in [0.717, 1.165) is 25.2 Å². The largest absolute Gasteiger partial charge is 0.378 e. The number of morpholine rings is 1. The predicted molar refractivity (Wildman–Crippen MR) is 90.4 cm³/mol. The molecule has 8 nitrogen and oxygen atoms in total. The number of nitrogens with zero attached hydrogens (tertiary/aromatic N) is 4. The summed E-state index contributed by atoms with van der Waals surface area (Å²) in [5.41, 5.74) is 0.930. The Kier molecular flexibility index (Phi) is 6.14. The van der Waals surface area contributed by atoms with Crippen molar-refractivity contribution in [3.63, 3.8) is 0 Å². The van der Waals surface area contributed by atoms with Gasteiger partial charge in [-0.1, -0.05) is 6.92 Å². The molecule has 1 aromatic rings. The Labute approximate surface area is 137 Å². The van der Waals surface area contributed by atoms with Crippen LogP contribution < -0.4 is 10.2 Å². The van der Waals surface area contributed by atoms with Gasteiger partial charge >= 0.3 is 0 Å². The van der Waals surface area contributed by atoms with E-state index in [9.17, 15) is 8.42 Å². The van der Waals surface area contributed by atoms with Crippen LogP contribution in [0.2, 0.25) is 0 Å². The highest BCUT2D eigenvalue weighted by molar-refractivity contribution is 7.89. The maximum absolute atomic E-state index is 11.8. The second-order valence-corrected chi connectivity index (χ2v) is 7.83. The van der Waals surface area contributed by atoms with E-state index in [1.807, 2.05) is 13.0 Å². The van der Waals surface area contributed by atoms with Crippen molar-refractivity contribution < 1.29 is 13.2 Å². The summed E-state index contributed by atoms with van der Waals surface area (Å²) in [5.74, 6) is 1.36. The Hall–Kier alpha value is -1.45. The first-order valence-corrected chi connectivity index (χ1v) is 9.38. The minimum absolute atomic E-state index is 0.0261. The SMILES string of the molecule is CCc1cc(NCCS(=O)(=O)N(C)C)nc(N2CCOCC2)n1. The summed E-state index contributed by atoms with van der Waals surface area (Å²) in [6.07, 6.45) is 0.796. The van der Waals surface area contributed by atoms with Gasteiger partial charge in [-0.25, -0.2) is 17.7 Å². The Balaban J connectivity index is 2.06. The van der Waals surface area contributed by atoms with Crippen molar-refractivity contribution in [1.29, 1.82) is 0 Å². The molecule has 1 aromatic heterocycles. The van der Waals surface area contributed by atoms with Crippen LogP contribution >= 0.6 is 0 Å². The molecule has 0 bridgehead atoms. The third kappa shape index (κ3) is 5.02. The quantitative estimate of drug-likeness (QED) is 0.755. The maximum atomic E-state index is 11.8. The molecule has 1 fully saturated rings. The smallest absolute Gasteiger partial charge is 0.227 e. The van der Waals surface area contributed by atoms with Gasteiger partial charge in [-0.15, -0.1) is 0 Å². The third-order valence-corrected chi connectivity index (χ3v) is 5.48. The van der Waals surface area contributed by atoms with E-state index in [-0.39, 0.29) is 5.75 Å². The Morgan fingerprint density at radius 1 is 1.30 bits per heavy atom. The van der Waals surface area contributed by atoms with E-state index < -0.39 is 10.0 Å². The Bertz CT molecular complexity index is 615. The number of hydrogen-bond acceptors (Lipinski definition) is 7. The molecule has 0 aromatic carbocycles. The molecule has 0 spiro atoms. The molecule has 2 heterocycles. The van der Waals surface area contributed by atoms with Gasteiger partial charge in [-0.05, 0) is 6.42 Å². The van der Waals surface area contributed by atoms with E-state index in [2.05, 4.69) is 20.2 Å². The lowest BCUT2D eigenvalue weighted by atomic mass is 10.3. The maximum Gasteiger partial charge on any atom is 0.227 e. The van der Waals surface area contributed by atoms with Gasteiger partial charge in [0, 0.05) is 45.5 Å². The topological polar surface area (TPSA) is 87.7 Å². The van der Waals surface area contributed by atoms with Crippen molar-refractivity contribution in [3.8, 4) is 0 Å². The highest BCUT2D eigenvalue weighted by atomic mass is 32.2. The fraction of sp³-hybridized carbons (Fsp3) is 0.714. The van der Waals surface area contributed by atoms with Crippen LogP contribution in [0.5, 0.6) is 0 Å². The average molecular weight is 343 g/mol. The van der Waals surface area contributed by atoms with Crippen molar-refractivity contribution in [3.05, 3.63) is 11.8 Å². The summed E-state index contributed by atoms with van der Waals surface area (Å²) in [6, 6.07) is 1.87.